The van der Waals surface area contributed by atoms with Gasteiger partial charge in [-0.2, -0.15) is 0 Å². The minimum absolute atomic E-state index is 0.0161. The van der Waals surface area contributed by atoms with Crippen molar-refractivity contribution < 1.29 is 24.2 Å². The van der Waals surface area contributed by atoms with Gasteiger partial charge >= 0.3 is 11.9 Å². The number of hydrogen-bond donors (Lipinski definition) is 1. The quantitative estimate of drug-likeness (QED) is 0.527. The van der Waals surface area contributed by atoms with Crippen molar-refractivity contribution in [2.75, 3.05) is 13.2 Å². The van der Waals surface area contributed by atoms with Gasteiger partial charge in [-0.15, -0.1) is 0 Å². The molecule has 0 atom stereocenters. The van der Waals surface area contributed by atoms with Crippen LogP contribution in [0.25, 0.3) is 0 Å². The second kappa shape index (κ2) is 9.56. The molecule has 138 valence electrons. The molecule has 0 amide bonds. The Morgan fingerprint density at radius 3 is 2.40 bits per heavy atom. The van der Waals surface area contributed by atoms with Gasteiger partial charge in [-0.25, -0.2) is 9.59 Å². The molecule has 0 saturated heterocycles. The molecule has 5 nitrogen and oxygen atoms in total. The zero-order valence-corrected chi connectivity index (χ0v) is 15.0. The molecular formula is C20H28O5. The Balaban J connectivity index is 2.06. The van der Waals surface area contributed by atoms with Crippen LogP contribution in [0, 0.1) is 0 Å². The molecule has 2 rings (SSSR count). The number of carbonyl (C=O) groups excluding carboxylic acids is 1. The van der Waals surface area contributed by atoms with E-state index in [9.17, 15) is 14.7 Å². The third-order valence-corrected chi connectivity index (χ3v) is 4.80. The Morgan fingerprint density at radius 1 is 1.08 bits per heavy atom. The van der Waals surface area contributed by atoms with Gasteiger partial charge in [0, 0.05) is 13.0 Å². The molecule has 1 aliphatic rings. The highest BCUT2D eigenvalue weighted by atomic mass is 16.6. The van der Waals surface area contributed by atoms with E-state index in [0.29, 0.717) is 13.0 Å². The number of benzene rings is 1. The topological polar surface area (TPSA) is 72.8 Å². The van der Waals surface area contributed by atoms with Crippen molar-refractivity contribution in [2.24, 2.45) is 0 Å². The van der Waals surface area contributed by atoms with Crippen molar-refractivity contribution in [3.05, 3.63) is 35.4 Å². The number of carboxylic acids is 1. The second-order valence-electron chi connectivity index (χ2n) is 6.70. The lowest BCUT2D eigenvalue weighted by Crippen LogP contribution is -2.39. The number of carboxylic acid groups (broad SMARTS) is 1. The first kappa shape index (κ1) is 19.4. The maximum Gasteiger partial charge on any atom is 0.339 e. The predicted octanol–water partition coefficient (Wildman–Crippen LogP) is 4.45. The van der Waals surface area contributed by atoms with Crippen molar-refractivity contribution in [1.82, 2.24) is 0 Å². The highest BCUT2D eigenvalue weighted by Gasteiger charge is 2.36. The molecule has 0 spiro atoms. The van der Waals surface area contributed by atoms with E-state index in [0.717, 1.165) is 51.6 Å². The first-order valence-corrected chi connectivity index (χ1v) is 9.21. The van der Waals surface area contributed by atoms with Gasteiger partial charge in [0.25, 0.3) is 0 Å². The molecule has 5 heteroatoms. The van der Waals surface area contributed by atoms with Crippen LogP contribution >= 0.6 is 0 Å². The summed E-state index contributed by atoms with van der Waals surface area (Å²) >= 11 is 0. The van der Waals surface area contributed by atoms with Gasteiger partial charge in [-0.3, -0.25) is 0 Å². The summed E-state index contributed by atoms with van der Waals surface area (Å²) in [6, 6.07) is 6.21. The van der Waals surface area contributed by atoms with Crippen LogP contribution in [0.5, 0.6) is 0 Å². The van der Waals surface area contributed by atoms with Crippen molar-refractivity contribution in [1.29, 1.82) is 0 Å². The minimum Gasteiger partial charge on any atom is -0.478 e. The summed E-state index contributed by atoms with van der Waals surface area (Å²) in [6.45, 7) is 3.41. The fourth-order valence-electron chi connectivity index (χ4n) is 3.31. The number of hydrogen-bond acceptors (Lipinski definition) is 4. The standard InChI is InChI=1S/C20H28O5/c1-2-3-14-24-15-13-20(11-7-4-8-12-20)25-19(23)17-10-6-5-9-16(17)18(21)22/h5-6,9-10H,2-4,7-8,11-15H2,1H3,(H,21,22). The molecule has 1 fully saturated rings. The Labute approximate surface area is 149 Å². The van der Waals surface area contributed by atoms with Gasteiger partial charge in [0.1, 0.15) is 5.60 Å². The fourth-order valence-corrected chi connectivity index (χ4v) is 3.31. The molecule has 1 N–H and O–H groups in total. The van der Waals surface area contributed by atoms with Crippen molar-refractivity contribution in [3.63, 3.8) is 0 Å². The number of aromatic carboxylic acids is 1. The number of esters is 1. The smallest absolute Gasteiger partial charge is 0.339 e. The summed E-state index contributed by atoms with van der Waals surface area (Å²) in [5.74, 6) is -1.67. The van der Waals surface area contributed by atoms with Gasteiger partial charge in [0.15, 0.2) is 0 Å². The molecule has 0 unspecified atom stereocenters. The molecule has 0 aliphatic heterocycles. The summed E-state index contributed by atoms with van der Waals surface area (Å²) in [6.07, 6.45) is 7.58. The zero-order chi connectivity index (χ0) is 18.1. The van der Waals surface area contributed by atoms with Crippen LogP contribution in [-0.4, -0.2) is 35.9 Å². The van der Waals surface area contributed by atoms with Crippen LogP contribution in [-0.2, 0) is 9.47 Å². The van der Waals surface area contributed by atoms with E-state index in [4.69, 9.17) is 9.47 Å². The van der Waals surface area contributed by atoms with Crippen LogP contribution < -0.4 is 0 Å². The van der Waals surface area contributed by atoms with Gasteiger partial charge in [0.05, 0.1) is 17.7 Å². The van der Waals surface area contributed by atoms with Crippen LogP contribution in [0.2, 0.25) is 0 Å². The maximum absolute atomic E-state index is 12.7. The molecule has 1 saturated carbocycles. The normalized spacial score (nSPS) is 16.4. The average molecular weight is 348 g/mol. The van der Waals surface area contributed by atoms with Gasteiger partial charge in [-0.1, -0.05) is 31.9 Å². The van der Waals surface area contributed by atoms with E-state index in [1.807, 2.05) is 0 Å². The van der Waals surface area contributed by atoms with Crippen LogP contribution in [0.4, 0.5) is 0 Å². The van der Waals surface area contributed by atoms with Gasteiger partial charge < -0.3 is 14.6 Å². The largest absolute Gasteiger partial charge is 0.478 e. The van der Waals surface area contributed by atoms with E-state index in [1.54, 1.807) is 12.1 Å². The van der Waals surface area contributed by atoms with Crippen molar-refractivity contribution in [3.8, 4) is 0 Å². The van der Waals surface area contributed by atoms with E-state index >= 15 is 0 Å². The van der Waals surface area contributed by atoms with Crippen LogP contribution in [0.3, 0.4) is 0 Å². The molecule has 0 radical (unpaired) electrons. The molecule has 0 bridgehead atoms. The Kier molecular flexibility index (Phi) is 7.44. The summed E-state index contributed by atoms with van der Waals surface area (Å²) < 4.78 is 11.5. The first-order chi connectivity index (χ1) is 12.1. The molecule has 1 aromatic carbocycles. The highest BCUT2D eigenvalue weighted by molar-refractivity contribution is 6.02. The van der Waals surface area contributed by atoms with E-state index < -0.39 is 17.5 Å². The lowest BCUT2D eigenvalue weighted by Gasteiger charge is -2.37. The number of unbranched alkanes of at least 4 members (excludes halogenated alkanes) is 1. The van der Waals surface area contributed by atoms with E-state index in [2.05, 4.69) is 6.92 Å². The summed E-state index contributed by atoms with van der Waals surface area (Å²) in [5, 5.41) is 9.28. The van der Waals surface area contributed by atoms with E-state index in [1.165, 1.54) is 12.1 Å². The number of carbonyl (C=O) groups is 2. The molecule has 0 aromatic heterocycles. The maximum atomic E-state index is 12.7. The zero-order valence-electron chi connectivity index (χ0n) is 15.0. The lowest BCUT2D eigenvalue weighted by molar-refractivity contribution is -0.0552. The van der Waals surface area contributed by atoms with Crippen LogP contribution in [0.15, 0.2) is 24.3 Å². The van der Waals surface area contributed by atoms with E-state index in [-0.39, 0.29) is 11.1 Å². The van der Waals surface area contributed by atoms with Gasteiger partial charge in [0.2, 0.25) is 0 Å². The SMILES string of the molecule is CCCCOCCC1(OC(=O)c2ccccc2C(=O)O)CCCCC1. The number of rotatable bonds is 9. The second-order valence-corrected chi connectivity index (χ2v) is 6.70. The number of ether oxygens (including phenoxy) is 2. The minimum atomic E-state index is -1.12. The summed E-state index contributed by atoms with van der Waals surface area (Å²) in [7, 11) is 0. The van der Waals surface area contributed by atoms with Crippen molar-refractivity contribution >= 4 is 11.9 Å². The first-order valence-electron chi connectivity index (χ1n) is 9.21. The third kappa shape index (κ3) is 5.56. The Bertz CT molecular complexity index is 575. The molecule has 25 heavy (non-hydrogen) atoms. The summed E-state index contributed by atoms with van der Waals surface area (Å²) in [4.78, 5) is 24.0. The average Bonchev–Trinajstić information content (AvgIpc) is 2.62. The van der Waals surface area contributed by atoms with Gasteiger partial charge in [-0.05, 0) is 44.2 Å². The van der Waals surface area contributed by atoms with Crippen LogP contribution in [0.1, 0.15) is 79.0 Å². The Morgan fingerprint density at radius 2 is 1.76 bits per heavy atom. The van der Waals surface area contributed by atoms with Crippen molar-refractivity contribution in [2.45, 2.75) is 63.9 Å². The Hall–Kier alpha value is -1.88. The predicted molar refractivity (Wildman–Crippen MR) is 95.0 cm³/mol. The summed E-state index contributed by atoms with van der Waals surface area (Å²) in [5.41, 5.74) is -0.433. The molecule has 1 aromatic rings. The third-order valence-electron chi connectivity index (χ3n) is 4.80. The fraction of sp³-hybridized carbons (Fsp3) is 0.600. The highest BCUT2D eigenvalue weighted by Crippen LogP contribution is 2.35. The molecule has 1 aliphatic carbocycles. The lowest BCUT2D eigenvalue weighted by atomic mass is 9.82. The monoisotopic (exact) mass is 348 g/mol. The molecular weight excluding hydrogens is 320 g/mol. The molecule has 0 heterocycles.